The average molecular weight is 444 g/mol. The Bertz CT molecular complexity index is 1120. The Kier molecular flexibility index (Phi) is 5.90. The van der Waals surface area contributed by atoms with Crippen molar-refractivity contribution in [1.29, 1.82) is 0 Å². The first-order valence-corrected chi connectivity index (χ1v) is 12.5. The van der Waals surface area contributed by atoms with Gasteiger partial charge in [-0.3, -0.25) is 4.79 Å². The van der Waals surface area contributed by atoms with Crippen LogP contribution in [0.4, 0.5) is 0 Å². The van der Waals surface area contributed by atoms with Crippen LogP contribution in [0.15, 0.2) is 53.4 Å². The van der Waals surface area contributed by atoms with Gasteiger partial charge in [0.05, 0.1) is 21.2 Å². The molecule has 0 N–H and O–H groups in total. The first-order chi connectivity index (χ1) is 14.5. The Labute approximate surface area is 181 Å². The molecule has 30 heavy (non-hydrogen) atoms. The highest BCUT2D eigenvalue weighted by atomic mass is 32.2. The molecule has 1 unspecified atom stereocenters. The van der Waals surface area contributed by atoms with Crippen LogP contribution in [0.5, 0.6) is 0 Å². The zero-order valence-corrected chi connectivity index (χ0v) is 18.7. The van der Waals surface area contributed by atoms with Gasteiger partial charge in [0.15, 0.2) is 0 Å². The van der Waals surface area contributed by atoms with Crippen LogP contribution >= 0.6 is 11.3 Å². The molecular formula is C22H25N3O3S2. The number of aromatic nitrogens is 1. The number of hydrogen-bond acceptors (Lipinski definition) is 5. The summed E-state index contributed by atoms with van der Waals surface area (Å²) in [4.78, 5) is 20.0. The van der Waals surface area contributed by atoms with Gasteiger partial charge >= 0.3 is 0 Å². The van der Waals surface area contributed by atoms with Crippen molar-refractivity contribution in [2.75, 3.05) is 19.6 Å². The molecule has 1 aliphatic rings. The van der Waals surface area contributed by atoms with Crippen LogP contribution in [0.1, 0.15) is 48.1 Å². The van der Waals surface area contributed by atoms with E-state index in [0.29, 0.717) is 25.2 Å². The number of likely N-dealkylation sites (tertiary alicyclic amines) is 1. The summed E-state index contributed by atoms with van der Waals surface area (Å²) in [6.45, 7) is 5.14. The van der Waals surface area contributed by atoms with Crippen LogP contribution in [0, 0.1) is 0 Å². The van der Waals surface area contributed by atoms with E-state index in [4.69, 9.17) is 4.98 Å². The first kappa shape index (κ1) is 21.0. The first-order valence-electron chi connectivity index (χ1n) is 10.2. The Morgan fingerprint density at radius 2 is 1.83 bits per heavy atom. The zero-order valence-electron chi connectivity index (χ0n) is 17.1. The standard InChI is InChI=1S/C22H25N3O3S2/c1-3-24(4-2)30(27,28)17-13-11-16(12-14-17)22(26)25-15-7-9-19(25)21-23-18-8-5-6-10-20(18)29-21/h5-6,8,10-14,19H,3-4,7,9,15H2,1-2H3. The van der Waals surface area contributed by atoms with Crippen LogP contribution in [0.3, 0.4) is 0 Å². The van der Waals surface area contributed by atoms with Gasteiger partial charge in [-0.15, -0.1) is 11.3 Å². The molecule has 8 heteroatoms. The van der Waals surface area contributed by atoms with Crippen molar-refractivity contribution >= 4 is 37.5 Å². The summed E-state index contributed by atoms with van der Waals surface area (Å²) >= 11 is 1.64. The predicted octanol–water partition coefficient (Wildman–Crippen LogP) is 4.30. The molecule has 1 amide bonds. The van der Waals surface area contributed by atoms with E-state index in [1.165, 1.54) is 16.4 Å². The molecular weight excluding hydrogens is 418 g/mol. The van der Waals surface area contributed by atoms with Gasteiger partial charge in [0.2, 0.25) is 10.0 Å². The van der Waals surface area contributed by atoms with Gasteiger partial charge in [-0.25, -0.2) is 13.4 Å². The number of rotatable bonds is 6. The fraction of sp³-hybridized carbons (Fsp3) is 0.364. The molecule has 3 aromatic rings. The Balaban J connectivity index is 1.57. The van der Waals surface area contributed by atoms with Gasteiger partial charge in [0, 0.05) is 25.2 Å². The van der Waals surface area contributed by atoms with Crippen molar-refractivity contribution in [3.63, 3.8) is 0 Å². The highest BCUT2D eigenvalue weighted by Gasteiger charge is 2.33. The quantitative estimate of drug-likeness (QED) is 0.569. The van der Waals surface area contributed by atoms with E-state index in [2.05, 4.69) is 0 Å². The average Bonchev–Trinajstić information content (AvgIpc) is 3.40. The predicted molar refractivity (Wildman–Crippen MR) is 119 cm³/mol. The number of benzene rings is 2. The molecule has 0 bridgehead atoms. The fourth-order valence-electron chi connectivity index (χ4n) is 3.95. The number of nitrogens with zero attached hydrogens (tertiary/aromatic N) is 3. The molecule has 2 heterocycles. The number of fused-ring (bicyclic) bond motifs is 1. The SMILES string of the molecule is CCN(CC)S(=O)(=O)c1ccc(C(=O)N2CCCC2c2nc3ccccc3s2)cc1. The van der Waals surface area contributed by atoms with Crippen LogP contribution in [0.25, 0.3) is 10.2 Å². The number of carbonyl (C=O) groups is 1. The molecule has 1 aromatic heterocycles. The van der Waals surface area contributed by atoms with Crippen LogP contribution in [0.2, 0.25) is 0 Å². The highest BCUT2D eigenvalue weighted by molar-refractivity contribution is 7.89. The minimum absolute atomic E-state index is 0.0333. The Morgan fingerprint density at radius 3 is 2.50 bits per heavy atom. The van der Waals surface area contributed by atoms with Crippen molar-refractivity contribution in [2.45, 2.75) is 37.6 Å². The van der Waals surface area contributed by atoms with Crippen molar-refractivity contribution in [1.82, 2.24) is 14.2 Å². The third kappa shape index (κ3) is 3.75. The second-order valence-corrected chi connectivity index (χ2v) is 10.3. The lowest BCUT2D eigenvalue weighted by atomic mass is 10.1. The third-order valence-corrected chi connectivity index (χ3v) is 8.76. The maximum absolute atomic E-state index is 13.2. The molecule has 2 aromatic carbocycles. The van der Waals surface area contributed by atoms with E-state index < -0.39 is 10.0 Å². The molecule has 4 rings (SSSR count). The molecule has 158 valence electrons. The maximum atomic E-state index is 13.2. The third-order valence-electron chi connectivity index (χ3n) is 5.55. The number of sulfonamides is 1. The summed E-state index contributed by atoms with van der Waals surface area (Å²) in [6, 6.07) is 14.3. The summed E-state index contributed by atoms with van der Waals surface area (Å²) in [6.07, 6.45) is 1.82. The van der Waals surface area contributed by atoms with E-state index >= 15 is 0 Å². The number of thiazole rings is 1. The smallest absolute Gasteiger partial charge is 0.254 e. The van der Waals surface area contributed by atoms with E-state index in [0.717, 1.165) is 28.1 Å². The van der Waals surface area contributed by atoms with Gasteiger partial charge in [-0.1, -0.05) is 26.0 Å². The highest BCUT2D eigenvalue weighted by Crippen LogP contribution is 2.37. The largest absolute Gasteiger partial charge is 0.329 e. The topological polar surface area (TPSA) is 70.6 Å². The zero-order chi connectivity index (χ0) is 21.3. The van der Waals surface area contributed by atoms with Crippen molar-refractivity contribution in [3.8, 4) is 0 Å². The van der Waals surface area contributed by atoms with E-state index in [1.54, 1.807) is 23.5 Å². The van der Waals surface area contributed by atoms with Gasteiger partial charge in [0.25, 0.3) is 5.91 Å². The normalized spacial score (nSPS) is 17.2. The summed E-state index contributed by atoms with van der Waals surface area (Å²) in [5.74, 6) is -0.0801. The molecule has 0 radical (unpaired) electrons. The Morgan fingerprint density at radius 1 is 1.13 bits per heavy atom. The van der Waals surface area contributed by atoms with Crippen LogP contribution < -0.4 is 0 Å². The lowest BCUT2D eigenvalue weighted by Crippen LogP contribution is -2.31. The van der Waals surface area contributed by atoms with Crippen LogP contribution in [-0.2, 0) is 10.0 Å². The maximum Gasteiger partial charge on any atom is 0.254 e. The van der Waals surface area contributed by atoms with Crippen molar-refractivity contribution in [2.24, 2.45) is 0 Å². The van der Waals surface area contributed by atoms with Gasteiger partial charge in [-0.05, 0) is 49.2 Å². The Hall–Kier alpha value is -2.29. The second kappa shape index (κ2) is 8.45. The van der Waals surface area contributed by atoms with Gasteiger partial charge in [-0.2, -0.15) is 4.31 Å². The molecule has 1 aliphatic heterocycles. The summed E-state index contributed by atoms with van der Waals surface area (Å²) in [5.41, 5.74) is 1.46. The molecule has 0 spiro atoms. The molecule has 1 fully saturated rings. The van der Waals surface area contributed by atoms with Crippen LogP contribution in [-0.4, -0.2) is 48.1 Å². The monoisotopic (exact) mass is 443 g/mol. The number of carbonyl (C=O) groups excluding carboxylic acids is 1. The minimum Gasteiger partial charge on any atom is -0.329 e. The molecule has 1 saturated heterocycles. The van der Waals surface area contributed by atoms with Gasteiger partial charge in [0.1, 0.15) is 5.01 Å². The number of hydrogen-bond donors (Lipinski definition) is 0. The lowest BCUT2D eigenvalue weighted by Gasteiger charge is -2.23. The lowest BCUT2D eigenvalue weighted by molar-refractivity contribution is 0.0735. The van der Waals surface area contributed by atoms with E-state index in [1.807, 2.05) is 43.0 Å². The minimum atomic E-state index is -3.53. The van der Waals surface area contributed by atoms with E-state index in [9.17, 15) is 13.2 Å². The molecule has 6 nitrogen and oxygen atoms in total. The summed E-state index contributed by atoms with van der Waals surface area (Å²) in [5, 5.41) is 0.961. The summed E-state index contributed by atoms with van der Waals surface area (Å²) < 4.78 is 27.9. The molecule has 0 aliphatic carbocycles. The van der Waals surface area contributed by atoms with Crippen molar-refractivity contribution < 1.29 is 13.2 Å². The number of para-hydroxylation sites is 1. The fourth-order valence-corrected chi connectivity index (χ4v) is 6.52. The molecule has 0 saturated carbocycles. The van der Waals surface area contributed by atoms with E-state index in [-0.39, 0.29) is 16.8 Å². The second-order valence-electron chi connectivity index (χ2n) is 7.29. The molecule has 1 atom stereocenters. The van der Waals surface area contributed by atoms with Gasteiger partial charge < -0.3 is 4.90 Å². The number of amides is 1. The summed E-state index contributed by atoms with van der Waals surface area (Å²) in [7, 11) is -3.53. The van der Waals surface area contributed by atoms with Crippen molar-refractivity contribution in [3.05, 3.63) is 59.1 Å².